The summed E-state index contributed by atoms with van der Waals surface area (Å²) in [6, 6.07) is 22.5. The summed E-state index contributed by atoms with van der Waals surface area (Å²) in [6.45, 7) is 2.02. The molecular formula is C22H22N2O3. The van der Waals surface area contributed by atoms with Gasteiger partial charge in [-0.2, -0.15) is 0 Å². The molecule has 1 aliphatic heterocycles. The molecule has 0 spiro atoms. The number of hydrazine groups is 1. The van der Waals surface area contributed by atoms with Gasteiger partial charge in [0.05, 0.1) is 12.1 Å². The summed E-state index contributed by atoms with van der Waals surface area (Å²) in [7, 11) is 0. The molecule has 5 heteroatoms. The predicted molar refractivity (Wildman–Crippen MR) is 105 cm³/mol. The molecule has 0 bridgehead atoms. The second-order valence-electron chi connectivity index (χ2n) is 6.77. The topological polar surface area (TPSA) is 73.8 Å². The molecule has 0 aliphatic carbocycles. The lowest BCUT2D eigenvalue weighted by Crippen LogP contribution is -2.33. The molecule has 4 rings (SSSR count). The van der Waals surface area contributed by atoms with Crippen LogP contribution in [-0.2, 0) is 0 Å². The Morgan fingerprint density at radius 1 is 0.815 bits per heavy atom. The molecule has 3 aromatic carbocycles. The maximum absolute atomic E-state index is 10.2. The smallest absolute Gasteiger partial charge is 0.136 e. The third kappa shape index (κ3) is 3.60. The first kappa shape index (κ1) is 17.4. The van der Waals surface area contributed by atoms with Gasteiger partial charge in [0.2, 0.25) is 0 Å². The highest BCUT2D eigenvalue weighted by molar-refractivity contribution is 5.64. The van der Waals surface area contributed by atoms with Crippen molar-refractivity contribution in [3.05, 3.63) is 78.4 Å². The van der Waals surface area contributed by atoms with Crippen LogP contribution in [0.25, 0.3) is 11.1 Å². The van der Waals surface area contributed by atoms with Crippen LogP contribution in [0.3, 0.4) is 0 Å². The van der Waals surface area contributed by atoms with E-state index in [4.69, 9.17) is 4.74 Å². The third-order valence-corrected chi connectivity index (χ3v) is 4.85. The molecule has 138 valence electrons. The number of benzene rings is 3. The lowest BCUT2D eigenvalue weighted by Gasteiger charge is -2.24. The number of hydrogen-bond acceptors (Lipinski definition) is 5. The van der Waals surface area contributed by atoms with E-state index in [-0.39, 0.29) is 29.7 Å². The molecular weight excluding hydrogens is 340 g/mol. The predicted octanol–water partition coefficient (Wildman–Crippen LogP) is 3.75. The first-order valence-electron chi connectivity index (χ1n) is 8.97. The minimum Gasteiger partial charge on any atom is -0.508 e. The lowest BCUT2D eigenvalue weighted by molar-refractivity contribution is 0.171. The van der Waals surface area contributed by atoms with Crippen LogP contribution in [0.4, 0.5) is 0 Å². The summed E-state index contributed by atoms with van der Waals surface area (Å²) in [5.41, 5.74) is 9.25. The zero-order valence-corrected chi connectivity index (χ0v) is 15.0. The van der Waals surface area contributed by atoms with Gasteiger partial charge in [0.25, 0.3) is 0 Å². The van der Waals surface area contributed by atoms with Gasteiger partial charge < -0.3 is 14.9 Å². The summed E-state index contributed by atoms with van der Waals surface area (Å²) in [5.74, 6) is 0.834. The monoisotopic (exact) mass is 362 g/mol. The molecule has 1 heterocycles. The summed E-state index contributed by atoms with van der Waals surface area (Å²) in [5, 5.41) is 19.8. The number of ether oxygens (including phenoxy) is 1. The Hall–Kier alpha value is -3.02. The van der Waals surface area contributed by atoms with Gasteiger partial charge in [0, 0.05) is 11.6 Å². The molecule has 1 saturated heterocycles. The quantitative estimate of drug-likeness (QED) is 0.569. The highest BCUT2D eigenvalue weighted by Gasteiger charge is 2.37. The highest BCUT2D eigenvalue weighted by Crippen LogP contribution is 2.35. The van der Waals surface area contributed by atoms with Crippen molar-refractivity contribution in [2.75, 3.05) is 0 Å². The largest absolute Gasteiger partial charge is 0.508 e. The average Bonchev–Trinajstić information content (AvgIpc) is 3.03. The van der Waals surface area contributed by atoms with Crippen LogP contribution in [0, 0.1) is 0 Å². The fourth-order valence-electron chi connectivity index (χ4n) is 3.43. The van der Waals surface area contributed by atoms with Gasteiger partial charge in [0.15, 0.2) is 0 Å². The number of rotatable bonds is 4. The van der Waals surface area contributed by atoms with Crippen LogP contribution >= 0.6 is 0 Å². The summed E-state index contributed by atoms with van der Waals surface area (Å²) < 4.78 is 6.30. The van der Waals surface area contributed by atoms with Crippen molar-refractivity contribution in [2.45, 2.75) is 25.1 Å². The maximum Gasteiger partial charge on any atom is 0.136 e. The lowest BCUT2D eigenvalue weighted by atomic mass is 9.98. The molecule has 1 fully saturated rings. The van der Waals surface area contributed by atoms with Gasteiger partial charge in [-0.15, -0.1) is 0 Å². The van der Waals surface area contributed by atoms with Crippen molar-refractivity contribution in [3.63, 3.8) is 0 Å². The van der Waals surface area contributed by atoms with Crippen LogP contribution in [0.5, 0.6) is 17.2 Å². The number of aromatic hydroxyl groups is 2. The number of hydrogen-bond donors (Lipinski definition) is 4. The van der Waals surface area contributed by atoms with Gasteiger partial charge in [-0.3, -0.25) is 5.43 Å². The van der Waals surface area contributed by atoms with E-state index in [1.807, 2.05) is 43.3 Å². The zero-order valence-electron chi connectivity index (χ0n) is 15.0. The maximum atomic E-state index is 10.2. The Kier molecular flexibility index (Phi) is 4.71. The number of phenolic OH excluding ortho intramolecular Hbond substituents is 2. The minimum atomic E-state index is -0.249. The fraction of sp³-hybridized carbons (Fsp3) is 0.182. The Labute approximate surface area is 158 Å². The van der Waals surface area contributed by atoms with Gasteiger partial charge in [-0.05, 0) is 42.3 Å². The Morgan fingerprint density at radius 2 is 1.59 bits per heavy atom. The molecule has 0 amide bonds. The Morgan fingerprint density at radius 3 is 2.37 bits per heavy atom. The van der Waals surface area contributed by atoms with Crippen molar-refractivity contribution in [1.82, 2.24) is 10.9 Å². The van der Waals surface area contributed by atoms with Crippen molar-refractivity contribution < 1.29 is 14.9 Å². The van der Waals surface area contributed by atoms with Crippen molar-refractivity contribution in [3.8, 4) is 28.4 Å². The summed E-state index contributed by atoms with van der Waals surface area (Å²) in [4.78, 5) is 0. The molecule has 4 N–H and O–H groups in total. The van der Waals surface area contributed by atoms with Gasteiger partial charge >= 0.3 is 0 Å². The molecule has 0 saturated carbocycles. The molecule has 3 aromatic rings. The van der Waals surface area contributed by atoms with E-state index in [0.29, 0.717) is 5.56 Å². The molecule has 1 aliphatic rings. The van der Waals surface area contributed by atoms with Crippen LogP contribution < -0.4 is 15.6 Å². The van der Waals surface area contributed by atoms with E-state index in [1.54, 1.807) is 12.1 Å². The van der Waals surface area contributed by atoms with Crippen LogP contribution in [0.15, 0.2) is 72.8 Å². The SMILES string of the molecule is CC1NNC(c2ccc(O)cc2O)C1Oc1cccc(-c2ccccc2)c1. The van der Waals surface area contributed by atoms with Gasteiger partial charge in [-0.1, -0.05) is 42.5 Å². The standard InChI is InChI=1S/C22H22N2O3/c1-14-22(21(24-23-14)19-11-10-17(25)13-20(19)26)27-18-9-5-8-16(12-18)15-6-3-2-4-7-15/h2-14,21-26H,1H3. The highest BCUT2D eigenvalue weighted by atomic mass is 16.5. The van der Waals surface area contributed by atoms with Gasteiger partial charge in [-0.25, -0.2) is 5.43 Å². The van der Waals surface area contributed by atoms with Crippen molar-refractivity contribution in [2.24, 2.45) is 0 Å². The number of phenols is 2. The van der Waals surface area contributed by atoms with Crippen molar-refractivity contribution in [1.29, 1.82) is 0 Å². The number of nitrogens with one attached hydrogen (secondary N) is 2. The molecule has 0 radical (unpaired) electrons. The molecule has 3 unspecified atom stereocenters. The van der Waals surface area contributed by atoms with E-state index in [1.165, 1.54) is 6.07 Å². The van der Waals surface area contributed by atoms with Crippen LogP contribution in [0.2, 0.25) is 0 Å². The van der Waals surface area contributed by atoms with E-state index in [2.05, 4.69) is 29.1 Å². The first-order valence-corrected chi connectivity index (χ1v) is 8.97. The minimum absolute atomic E-state index is 0.0308. The Bertz CT molecular complexity index is 930. The molecule has 5 nitrogen and oxygen atoms in total. The van der Waals surface area contributed by atoms with Crippen LogP contribution in [0.1, 0.15) is 18.5 Å². The third-order valence-electron chi connectivity index (χ3n) is 4.85. The first-order chi connectivity index (χ1) is 13.1. The van der Waals surface area contributed by atoms with E-state index in [9.17, 15) is 10.2 Å². The Balaban J connectivity index is 1.60. The van der Waals surface area contributed by atoms with E-state index in [0.717, 1.165) is 16.9 Å². The van der Waals surface area contributed by atoms with E-state index >= 15 is 0 Å². The summed E-state index contributed by atoms with van der Waals surface area (Å²) >= 11 is 0. The van der Waals surface area contributed by atoms with Gasteiger partial charge in [0.1, 0.15) is 23.4 Å². The second kappa shape index (κ2) is 7.31. The molecule has 0 aromatic heterocycles. The summed E-state index contributed by atoms with van der Waals surface area (Å²) in [6.07, 6.45) is -0.230. The normalized spacial score (nSPS) is 21.9. The average molecular weight is 362 g/mol. The fourth-order valence-corrected chi connectivity index (χ4v) is 3.43. The van der Waals surface area contributed by atoms with E-state index < -0.39 is 0 Å². The second-order valence-corrected chi connectivity index (χ2v) is 6.77. The van der Waals surface area contributed by atoms with Crippen molar-refractivity contribution >= 4 is 0 Å². The van der Waals surface area contributed by atoms with Crippen LogP contribution in [-0.4, -0.2) is 22.4 Å². The molecule has 3 atom stereocenters. The molecule has 27 heavy (non-hydrogen) atoms. The zero-order chi connectivity index (χ0) is 18.8.